The molecule has 0 bridgehead atoms. The lowest BCUT2D eigenvalue weighted by Gasteiger charge is -2.30. The second kappa shape index (κ2) is 5.95. The molecule has 0 radical (unpaired) electrons. The van der Waals surface area contributed by atoms with Crippen molar-refractivity contribution >= 4 is 10.2 Å². The van der Waals surface area contributed by atoms with Crippen molar-refractivity contribution in [2.75, 3.05) is 26.7 Å². The highest BCUT2D eigenvalue weighted by Gasteiger charge is 2.26. The summed E-state index contributed by atoms with van der Waals surface area (Å²) < 4.78 is 28.1. The van der Waals surface area contributed by atoms with Crippen LogP contribution in [0.5, 0.6) is 0 Å². The lowest BCUT2D eigenvalue weighted by Crippen LogP contribution is -2.48. The summed E-state index contributed by atoms with van der Waals surface area (Å²) >= 11 is 0. The summed E-state index contributed by atoms with van der Waals surface area (Å²) in [6, 6.07) is 0.150. The number of nitrogens with zero attached hydrogens (tertiary/aromatic N) is 1. The Kier molecular flexibility index (Phi) is 5.17. The molecule has 0 amide bonds. The number of hydrogen-bond donors (Lipinski definition) is 2. The molecule has 96 valence electrons. The summed E-state index contributed by atoms with van der Waals surface area (Å²) in [7, 11) is -1.46. The summed E-state index contributed by atoms with van der Waals surface area (Å²) in [6.07, 6.45) is 2.09. The van der Waals surface area contributed by atoms with Gasteiger partial charge in [0.2, 0.25) is 0 Å². The first-order chi connectivity index (χ1) is 7.45. The zero-order valence-corrected chi connectivity index (χ0v) is 11.2. The van der Waals surface area contributed by atoms with Gasteiger partial charge in [0, 0.05) is 25.7 Å². The molecule has 2 N–H and O–H groups in total. The molecule has 6 heteroatoms. The first-order valence-electron chi connectivity index (χ1n) is 5.87. The molecule has 16 heavy (non-hydrogen) atoms. The summed E-state index contributed by atoms with van der Waals surface area (Å²) in [5.74, 6) is 0.465. The van der Waals surface area contributed by atoms with Crippen molar-refractivity contribution in [2.45, 2.75) is 32.7 Å². The molecular weight excluding hydrogens is 226 g/mol. The van der Waals surface area contributed by atoms with E-state index in [1.165, 1.54) is 0 Å². The van der Waals surface area contributed by atoms with E-state index in [1.54, 1.807) is 4.31 Å². The fourth-order valence-electron chi connectivity index (χ4n) is 1.79. The number of piperidine rings is 1. The molecule has 1 heterocycles. The monoisotopic (exact) mass is 249 g/mol. The molecule has 1 rings (SSSR count). The van der Waals surface area contributed by atoms with Crippen LogP contribution >= 0.6 is 0 Å². The Morgan fingerprint density at radius 2 is 2.19 bits per heavy atom. The highest BCUT2D eigenvalue weighted by Crippen LogP contribution is 2.17. The van der Waals surface area contributed by atoms with E-state index in [2.05, 4.69) is 17.0 Å². The van der Waals surface area contributed by atoms with Crippen molar-refractivity contribution in [3.63, 3.8) is 0 Å². The number of nitrogens with one attached hydrogen (secondary N) is 2. The van der Waals surface area contributed by atoms with Crippen molar-refractivity contribution < 1.29 is 8.42 Å². The third-order valence-electron chi connectivity index (χ3n) is 3.02. The predicted molar refractivity (Wildman–Crippen MR) is 65.4 cm³/mol. The zero-order chi connectivity index (χ0) is 12.2. The van der Waals surface area contributed by atoms with Crippen molar-refractivity contribution in [3.8, 4) is 0 Å². The van der Waals surface area contributed by atoms with Crippen LogP contribution in [0.15, 0.2) is 0 Å². The fourth-order valence-corrected chi connectivity index (χ4v) is 3.25. The third-order valence-corrected chi connectivity index (χ3v) is 4.57. The molecule has 0 aromatic rings. The zero-order valence-electron chi connectivity index (χ0n) is 10.4. The molecule has 2 unspecified atom stereocenters. The number of rotatable bonds is 5. The molecule has 0 saturated carbocycles. The topological polar surface area (TPSA) is 61.4 Å². The Labute approximate surface area is 98.8 Å². The summed E-state index contributed by atoms with van der Waals surface area (Å²) in [6.45, 7) is 5.76. The largest absolute Gasteiger partial charge is 0.316 e. The van der Waals surface area contributed by atoms with Gasteiger partial charge in [0.25, 0.3) is 10.2 Å². The van der Waals surface area contributed by atoms with Crippen LogP contribution in [0, 0.1) is 5.92 Å². The normalized spacial score (nSPS) is 25.6. The van der Waals surface area contributed by atoms with Gasteiger partial charge in [0.1, 0.15) is 0 Å². The first kappa shape index (κ1) is 13.9. The van der Waals surface area contributed by atoms with E-state index < -0.39 is 10.2 Å². The second-order valence-corrected chi connectivity index (χ2v) is 6.40. The van der Waals surface area contributed by atoms with E-state index >= 15 is 0 Å². The maximum absolute atomic E-state index is 11.9. The summed E-state index contributed by atoms with van der Waals surface area (Å²) in [5.41, 5.74) is 0. The first-order valence-corrected chi connectivity index (χ1v) is 7.31. The molecule has 0 aliphatic carbocycles. The predicted octanol–water partition coefficient (Wildman–Crippen LogP) is 0.161. The van der Waals surface area contributed by atoms with Crippen LogP contribution in [0.25, 0.3) is 0 Å². The van der Waals surface area contributed by atoms with Crippen molar-refractivity contribution in [2.24, 2.45) is 5.92 Å². The van der Waals surface area contributed by atoms with Gasteiger partial charge in [0.05, 0.1) is 0 Å². The summed E-state index contributed by atoms with van der Waals surface area (Å²) in [4.78, 5) is 0. The van der Waals surface area contributed by atoms with Gasteiger partial charge in [-0.3, -0.25) is 0 Å². The van der Waals surface area contributed by atoms with Crippen LogP contribution in [0.1, 0.15) is 26.7 Å². The standard InChI is InChI=1S/C10H23N3O2S/c1-9-5-4-6-13(8-9)16(14,15)12-7-10(2)11-3/h9-12H,4-8H2,1-3H3. The van der Waals surface area contributed by atoms with Gasteiger partial charge in [-0.1, -0.05) is 6.92 Å². The third kappa shape index (κ3) is 4.01. The van der Waals surface area contributed by atoms with Gasteiger partial charge in [-0.15, -0.1) is 0 Å². The molecule has 0 aromatic heterocycles. The van der Waals surface area contributed by atoms with E-state index in [1.807, 2.05) is 14.0 Å². The fraction of sp³-hybridized carbons (Fsp3) is 1.00. The smallest absolute Gasteiger partial charge is 0.279 e. The molecule has 5 nitrogen and oxygen atoms in total. The van der Waals surface area contributed by atoms with E-state index in [0.29, 0.717) is 25.6 Å². The molecular formula is C10H23N3O2S. The van der Waals surface area contributed by atoms with Gasteiger partial charge in [-0.05, 0) is 32.7 Å². The van der Waals surface area contributed by atoms with Crippen molar-refractivity contribution in [1.29, 1.82) is 0 Å². The van der Waals surface area contributed by atoms with Crippen molar-refractivity contribution in [1.82, 2.24) is 14.3 Å². The van der Waals surface area contributed by atoms with Crippen LogP contribution in [-0.2, 0) is 10.2 Å². The Morgan fingerprint density at radius 1 is 1.50 bits per heavy atom. The van der Waals surface area contributed by atoms with E-state index in [9.17, 15) is 8.42 Å². The Bertz CT molecular complexity index is 305. The minimum atomic E-state index is -3.28. The van der Waals surface area contributed by atoms with Crippen molar-refractivity contribution in [3.05, 3.63) is 0 Å². The van der Waals surface area contributed by atoms with Gasteiger partial charge < -0.3 is 5.32 Å². The average molecular weight is 249 g/mol. The second-order valence-electron chi connectivity index (χ2n) is 4.65. The lowest BCUT2D eigenvalue weighted by atomic mass is 10.0. The highest BCUT2D eigenvalue weighted by atomic mass is 32.2. The Balaban J connectivity index is 2.49. The van der Waals surface area contributed by atoms with Gasteiger partial charge in [0.15, 0.2) is 0 Å². The van der Waals surface area contributed by atoms with Gasteiger partial charge >= 0.3 is 0 Å². The molecule has 1 aliphatic rings. The maximum atomic E-state index is 11.9. The Hall–Kier alpha value is -0.170. The lowest BCUT2D eigenvalue weighted by molar-refractivity contribution is 0.278. The quantitative estimate of drug-likeness (QED) is 0.730. The number of likely N-dealkylation sites (N-methyl/N-ethyl adjacent to an activating group) is 1. The summed E-state index contributed by atoms with van der Waals surface area (Å²) in [5, 5.41) is 3.00. The molecule has 2 atom stereocenters. The van der Waals surface area contributed by atoms with Crippen LogP contribution in [0.3, 0.4) is 0 Å². The van der Waals surface area contributed by atoms with E-state index in [-0.39, 0.29) is 6.04 Å². The minimum Gasteiger partial charge on any atom is -0.316 e. The molecule has 1 saturated heterocycles. The molecule has 0 aromatic carbocycles. The minimum absolute atomic E-state index is 0.150. The van der Waals surface area contributed by atoms with Crippen LogP contribution in [0.2, 0.25) is 0 Å². The molecule has 1 aliphatic heterocycles. The molecule has 1 fully saturated rings. The van der Waals surface area contributed by atoms with E-state index in [4.69, 9.17) is 0 Å². The molecule has 0 spiro atoms. The average Bonchev–Trinajstić information content (AvgIpc) is 2.26. The number of hydrogen-bond acceptors (Lipinski definition) is 3. The van der Waals surface area contributed by atoms with Crippen LogP contribution in [-0.4, -0.2) is 45.4 Å². The van der Waals surface area contributed by atoms with Gasteiger partial charge in [-0.25, -0.2) is 4.72 Å². The Morgan fingerprint density at radius 3 is 2.75 bits per heavy atom. The highest BCUT2D eigenvalue weighted by molar-refractivity contribution is 7.87. The SMILES string of the molecule is CNC(C)CNS(=O)(=O)N1CCCC(C)C1. The van der Waals surface area contributed by atoms with Crippen LogP contribution in [0.4, 0.5) is 0 Å². The van der Waals surface area contributed by atoms with Crippen LogP contribution < -0.4 is 10.0 Å². The van der Waals surface area contributed by atoms with E-state index in [0.717, 1.165) is 12.8 Å². The van der Waals surface area contributed by atoms with Gasteiger partial charge in [-0.2, -0.15) is 12.7 Å². The maximum Gasteiger partial charge on any atom is 0.279 e.